The Balaban J connectivity index is 1.59. The Hall–Kier alpha value is -2.82. The fourth-order valence-corrected chi connectivity index (χ4v) is 4.68. The fourth-order valence-electron chi connectivity index (χ4n) is 2.65. The van der Waals surface area contributed by atoms with Gasteiger partial charge in [0.05, 0.1) is 10.5 Å². The molecule has 0 amide bonds. The fraction of sp³-hybridized carbons (Fsp3) is 0.0556. The number of ether oxygens (including phenoxy) is 1. The normalized spacial score (nSPS) is 11.5. The number of anilines is 1. The van der Waals surface area contributed by atoms with Gasteiger partial charge in [0, 0.05) is 34.7 Å². The first-order valence-corrected chi connectivity index (χ1v) is 10.8. The number of sulfonamides is 1. The zero-order valence-corrected chi connectivity index (χ0v) is 16.9. The van der Waals surface area contributed by atoms with E-state index in [0.717, 1.165) is 40.1 Å². The molecule has 0 saturated heterocycles. The van der Waals surface area contributed by atoms with E-state index < -0.39 is 20.7 Å². The summed E-state index contributed by atoms with van der Waals surface area (Å²) in [6.45, 7) is 0.0860. The van der Waals surface area contributed by atoms with Crippen LogP contribution in [0.4, 0.5) is 9.52 Å². The van der Waals surface area contributed by atoms with Crippen LogP contribution in [0.15, 0.2) is 59.9 Å². The lowest BCUT2D eigenvalue weighted by Crippen LogP contribution is -2.14. The minimum Gasteiger partial charge on any atom is -0.487 e. The summed E-state index contributed by atoms with van der Waals surface area (Å²) in [6, 6.07) is 11.3. The molecule has 2 aromatic heterocycles. The quantitative estimate of drug-likeness (QED) is 0.471. The second-order valence-corrected chi connectivity index (χ2v) is 8.68. The highest BCUT2D eigenvalue weighted by molar-refractivity contribution is 7.93. The third kappa shape index (κ3) is 4.14. The van der Waals surface area contributed by atoms with Crippen LogP contribution in [0.1, 0.15) is 5.56 Å². The first kappa shape index (κ1) is 19.5. The molecule has 0 spiro atoms. The van der Waals surface area contributed by atoms with Gasteiger partial charge in [-0.05, 0) is 12.1 Å². The number of hydrogen-bond acceptors (Lipinski definition) is 7. The third-order valence-corrected chi connectivity index (χ3v) is 6.32. The Morgan fingerprint density at radius 1 is 1.17 bits per heavy atom. The van der Waals surface area contributed by atoms with E-state index in [9.17, 15) is 12.8 Å². The molecule has 2 aromatic carbocycles. The predicted octanol–water partition coefficient (Wildman–Crippen LogP) is 4.26. The van der Waals surface area contributed by atoms with E-state index in [1.54, 1.807) is 6.20 Å². The van der Waals surface area contributed by atoms with Crippen molar-refractivity contribution in [2.45, 2.75) is 11.5 Å². The maximum Gasteiger partial charge on any atom is 0.266 e. The van der Waals surface area contributed by atoms with Crippen LogP contribution in [0.5, 0.6) is 5.75 Å². The molecule has 0 fully saturated rings. The van der Waals surface area contributed by atoms with Gasteiger partial charge in [0.25, 0.3) is 10.0 Å². The van der Waals surface area contributed by atoms with Gasteiger partial charge in [-0.1, -0.05) is 35.9 Å². The molecule has 4 aromatic rings. The van der Waals surface area contributed by atoms with Crippen LogP contribution in [0.2, 0.25) is 5.02 Å². The molecule has 2 heterocycles. The molecule has 0 bridgehead atoms. The molecule has 0 unspecified atom stereocenters. The van der Waals surface area contributed by atoms with E-state index >= 15 is 0 Å². The van der Waals surface area contributed by atoms with E-state index in [-0.39, 0.29) is 22.5 Å². The lowest BCUT2D eigenvalue weighted by atomic mass is 10.1. The van der Waals surface area contributed by atoms with Crippen molar-refractivity contribution in [3.05, 3.63) is 71.4 Å². The lowest BCUT2D eigenvalue weighted by molar-refractivity contribution is 0.305. The van der Waals surface area contributed by atoms with Crippen LogP contribution in [-0.4, -0.2) is 22.8 Å². The van der Waals surface area contributed by atoms with Crippen LogP contribution in [0.3, 0.4) is 0 Å². The molecule has 11 heteroatoms. The summed E-state index contributed by atoms with van der Waals surface area (Å²) in [4.78, 5) is 7.43. The number of rotatable bonds is 6. The van der Waals surface area contributed by atoms with Crippen molar-refractivity contribution in [2.24, 2.45) is 0 Å². The van der Waals surface area contributed by atoms with Crippen molar-refractivity contribution in [3.63, 3.8) is 0 Å². The van der Waals surface area contributed by atoms with E-state index in [4.69, 9.17) is 16.3 Å². The predicted molar refractivity (Wildman–Crippen MR) is 108 cm³/mol. The summed E-state index contributed by atoms with van der Waals surface area (Å²) in [7, 11) is -4.22. The Morgan fingerprint density at radius 3 is 2.79 bits per heavy atom. The number of aromatic nitrogens is 3. The number of nitrogens with zero attached hydrogens (tertiary/aromatic N) is 3. The van der Waals surface area contributed by atoms with Gasteiger partial charge in [-0.3, -0.25) is 9.71 Å². The van der Waals surface area contributed by atoms with Crippen LogP contribution in [-0.2, 0) is 16.6 Å². The Kier molecular flexibility index (Phi) is 5.31. The standard InChI is InChI=1S/C18H12ClFN4O3S2/c19-13-7-16(29(25,26)24-18-22-10-23-28-18)14(20)8-15(13)27-9-12-4-1-3-11-5-2-6-21-17(11)12/h1-8,10H,9H2,(H,22,23,24). The van der Waals surface area contributed by atoms with Gasteiger partial charge in [0.1, 0.15) is 29.4 Å². The second kappa shape index (κ2) is 7.90. The van der Waals surface area contributed by atoms with E-state index in [1.807, 2.05) is 30.3 Å². The Bertz CT molecular complexity index is 1280. The van der Waals surface area contributed by atoms with Gasteiger partial charge < -0.3 is 4.74 Å². The molecular weight excluding hydrogens is 439 g/mol. The first-order valence-electron chi connectivity index (χ1n) is 8.18. The summed E-state index contributed by atoms with van der Waals surface area (Å²) in [5.41, 5.74) is 1.54. The van der Waals surface area contributed by atoms with Crippen molar-refractivity contribution >= 4 is 49.2 Å². The smallest absolute Gasteiger partial charge is 0.266 e. The van der Waals surface area contributed by atoms with E-state index in [0.29, 0.717) is 0 Å². The van der Waals surface area contributed by atoms with Crippen LogP contribution < -0.4 is 9.46 Å². The number of para-hydroxylation sites is 1. The van der Waals surface area contributed by atoms with Crippen LogP contribution >= 0.6 is 23.1 Å². The molecule has 0 atom stereocenters. The van der Waals surface area contributed by atoms with Gasteiger partial charge in [0.15, 0.2) is 0 Å². The van der Waals surface area contributed by atoms with Gasteiger partial charge in [-0.25, -0.2) is 17.8 Å². The zero-order valence-electron chi connectivity index (χ0n) is 14.5. The highest BCUT2D eigenvalue weighted by Crippen LogP contribution is 2.32. The maximum absolute atomic E-state index is 14.5. The van der Waals surface area contributed by atoms with Crippen molar-refractivity contribution in [3.8, 4) is 5.75 Å². The molecule has 0 radical (unpaired) electrons. The number of pyridine rings is 1. The summed E-state index contributed by atoms with van der Waals surface area (Å²) in [5, 5.41) is 0.914. The van der Waals surface area contributed by atoms with Crippen LogP contribution in [0, 0.1) is 5.82 Å². The minimum absolute atomic E-state index is 0.0179. The van der Waals surface area contributed by atoms with Crippen molar-refractivity contribution in [2.75, 3.05) is 4.72 Å². The zero-order chi connectivity index (χ0) is 20.4. The molecule has 0 aliphatic rings. The summed E-state index contributed by atoms with van der Waals surface area (Å²) in [5.74, 6) is -0.982. The topological polar surface area (TPSA) is 94.1 Å². The molecule has 7 nitrogen and oxygen atoms in total. The summed E-state index contributed by atoms with van der Waals surface area (Å²) < 4.78 is 50.8. The number of fused-ring (bicyclic) bond motifs is 1. The van der Waals surface area contributed by atoms with E-state index in [1.165, 1.54) is 6.33 Å². The third-order valence-electron chi connectivity index (χ3n) is 3.96. The van der Waals surface area contributed by atoms with Crippen molar-refractivity contribution < 1.29 is 17.5 Å². The molecular formula is C18H12ClFN4O3S2. The van der Waals surface area contributed by atoms with E-state index in [2.05, 4.69) is 19.1 Å². The number of hydrogen-bond donors (Lipinski definition) is 1. The average molecular weight is 451 g/mol. The minimum atomic E-state index is -4.22. The van der Waals surface area contributed by atoms with Gasteiger partial charge in [0.2, 0.25) is 5.13 Å². The summed E-state index contributed by atoms with van der Waals surface area (Å²) >= 11 is 6.98. The highest BCUT2D eigenvalue weighted by Gasteiger charge is 2.23. The Morgan fingerprint density at radius 2 is 2.00 bits per heavy atom. The summed E-state index contributed by atoms with van der Waals surface area (Å²) in [6.07, 6.45) is 2.86. The molecule has 1 N–H and O–H groups in total. The van der Waals surface area contributed by atoms with Crippen LogP contribution in [0.25, 0.3) is 10.9 Å². The van der Waals surface area contributed by atoms with Crippen molar-refractivity contribution in [1.82, 2.24) is 14.3 Å². The highest BCUT2D eigenvalue weighted by atomic mass is 35.5. The van der Waals surface area contributed by atoms with Gasteiger partial charge in [-0.15, -0.1) is 0 Å². The number of halogens is 2. The molecule has 4 rings (SSSR count). The Labute approximate surface area is 174 Å². The maximum atomic E-state index is 14.5. The monoisotopic (exact) mass is 450 g/mol. The molecule has 0 aliphatic heterocycles. The molecule has 0 saturated carbocycles. The largest absolute Gasteiger partial charge is 0.487 e. The SMILES string of the molecule is O=S(=O)(Nc1ncns1)c1cc(Cl)c(OCc2cccc3cccnc23)cc1F. The number of nitrogens with one attached hydrogen (secondary N) is 1. The average Bonchev–Trinajstić information content (AvgIpc) is 3.20. The van der Waals surface area contributed by atoms with Crippen molar-refractivity contribution in [1.29, 1.82) is 0 Å². The number of benzene rings is 2. The molecule has 29 heavy (non-hydrogen) atoms. The first-order chi connectivity index (χ1) is 13.9. The molecule has 0 aliphatic carbocycles. The lowest BCUT2D eigenvalue weighted by Gasteiger charge is -2.12. The van der Waals surface area contributed by atoms with Gasteiger partial charge in [-0.2, -0.15) is 4.37 Å². The van der Waals surface area contributed by atoms with Gasteiger partial charge >= 0.3 is 0 Å². The second-order valence-electron chi connectivity index (χ2n) is 5.85. The molecule has 148 valence electrons.